The van der Waals surface area contributed by atoms with E-state index in [0.29, 0.717) is 5.69 Å². The minimum atomic E-state index is -0.398. The summed E-state index contributed by atoms with van der Waals surface area (Å²) in [6.45, 7) is 1.62. The van der Waals surface area contributed by atoms with Gasteiger partial charge in [-0.25, -0.2) is 9.97 Å². The molecule has 3 aromatic rings. The molecule has 0 atom stereocenters. The Morgan fingerprint density at radius 1 is 1.22 bits per heavy atom. The third-order valence-corrected chi connectivity index (χ3v) is 5.41. The fraction of sp³-hybridized carbons (Fsp3) is 0.211. The summed E-state index contributed by atoms with van der Waals surface area (Å²) >= 11 is 1.48. The van der Waals surface area contributed by atoms with Crippen LogP contribution in [0.4, 0.5) is 5.69 Å². The van der Waals surface area contributed by atoms with Crippen molar-refractivity contribution in [2.45, 2.75) is 19.8 Å². The molecule has 1 aliphatic rings. The number of nitrogens with zero attached hydrogens (tertiary/aromatic N) is 3. The molecule has 1 saturated heterocycles. The Balaban J connectivity index is 1.56. The van der Waals surface area contributed by atoms with Gasteiger partial charge < -0.3 is 5.32 Å². The number of nitrogens with one attached hydrogen (secondary N) is 1. The number of thiazole rings is 1. The minimum absolute atomic E-state index is 0.173. The van der Waals surface area contributed by atoms with E-state index >= 15 is 0 Å². The number of amides is 3. The second-order valence-electron chi connectivity index (χ2n) is 6.30. The van der Waals surface area contributed by atoms with Crippen LogP contribution in [-0.4, -0.2) is 39.1 Å². The van der Waals surface area contributed by atoms with Crippen molar-refractivity contribution in [1.82, 2.24) is 14.9 Å². The first-order chi connectivity index (χ1) is 13.0. The van der Waals surface area contributed by atoms with E-state index in [4.69, 9.17) is 0 Å². The number of anilines is 1. The highest BCUT2D eigenvalue weighted by Gasteiger charge is 2.30. The summed E-state index contributed by atoms with van der Waals surface area (Å²) in [5.74, 6) is -1.00. The van der Waals surface area contributed by atoms with E-state index < -0.39 is 5.91 Å². The van der Waals surface area contributed by atoms with Gasteiger partial charge in [-0.2, -0.15) is 0 Å². The van der Waals surface area contributed by atoms with Crippen LogP contribution >= 0.6 is 11.3 Å². The van der Waals surface area contributed by atoms with E-state index in [1.165, 1.54) is 11.3 Å². The standard InChI is InChI=1S/C19H16N4O3S/c1-11-4-5-12(18-22-13-3-2-8-20-19(13)27-18)9-14(11)21-15(24)10-23-16(25)6-7-17(23)26/h2-5,8-9H,6-7,10H2,1H3,(H,21,24). The first-order valence-corrected chi connectivity index (χ1v) is 9.28. The Labute approximate surface area is 159 Å². The van der Waals surface area contributed by atoms with Crippen LogP contribution in [0, 0.1) is 6.92 Å². The van der Waals surface area contributed by atoms with Crippen LogP contribution in [0.5, 0.6) is 0 Å². The van der Waals surface area contributed by atoms with E-state index in [-0.39, 0.29) is 31.2 Å². The zero-order valence-electron chi connectivity index (χ0n) is 14.6. The van der Waals surface area contributed by atoms with Crippen molar-refractivity contribution < 1.29 is 14.4 Å². The maximum atomic E-state index is 12.3. The molecule has 1 aliphatic heterocycles. The van der Waals surface area contributed by atoms with E-state index in [1.54, 1.807) is 6.20 Å². The van der Waals surface area contributed by atoms with Gasteiger partial charge in [0.2, 0.25) is 17.7 Å². The molecule has 136 valence electrons. The molecule has 1 aromatic carbocycles. The van der Waals surface area contributed by atoms with E-state index in [9.17, 15) is 14.4 Å². The highest BCUT2D eigenvalue weighted by atomic mass is 32.1. The molecule has 3 heterocycles. The van der Waals surface area contributed by atoms with Crippen molar-refractivity contribution in [3.63, 3.8) is 0 Å². The zero-order chi connectivity index (χ0) is 19.0. The Morgan fingerprint density at radius 2 is 2.00 bits per heavy atom. The summed E-state index contributed by atoms with van der Waals surface area (Å²) in [5, 5.41) is 3.61. The maximum absolute atomic E-state index is 12.3. The van der Waals surface area contributed by atoms with Gasteiger partial charge in [0, 0.05) is 30.3 Å². The molecular weight excluding hydrogens is 364 g/mol. The van der Waals surface area contributed by atoms with Crippen LogP contribution in [-0.2, 0) is 14.4 Å². The number of hydrogen-bond donors (Lipinski definition) is 1. The molecule has 0 aliphatic carbocycles. The molecule has 0 bridgehead atoms. The highest BCUT2D eigenvalue weighted by molar-refractivity contribution is 7.21. The Hall–Kier alpha value is -3.13. The lowest BCUT2D eigenvalue weighted by molar-refractivity contribution is -0.141. The molecule has 3 amide bonds. The summed E-state index contributed by atoms with van der Waals surface area (Å²) in [6, 6.07) is 9.43. The number of benzene rings is 1. The van der Waals surface area contributed by atoms with Crippen molar-refractivity contribution in [1.29, 1.82) is 0 Å². The molecule has 7 nitrogen and oxygen atoms in total. The fourth-order valence-corrected chi connectivity index (χ4v) is 3.82. The third-order valence-electron chi connectivity index (χ3n) is 4.38. The second kappa shape index (κ2) is 6.88. The lowest BCUT2D eigenvalue weighted by atomic mass is 10.1. The largest absolute Gasteiger partial charge is 0.324 e. The Kier molecular flexibility index (Phi) is 4.41. The quantitative estimate of drug-likeness (QED) is 0.703. The molecular formula is C19H16N4O3S. The lowest BCUT2D eigenvalue weighted by Crippen LogP contribution is -2.37. The number of pyridine rings is 1. The minimum Gasteiger partial charge on any atom is -0.324 e. The zero-order valence-corrected chi connectivity index (χ0v) is 15.4. The van der Waals surface area contributed by atoms with Crippen molar-refractivity contribution in [2.75, 3.05) is 11.9 Å². The SMILES string of the molecule is Cc1ccc(-c2nc3cccnc3s2)cc1NC(=O)CN1C(=O)CCC1=O. The molecule has 0 spiro atoms. The number of rotatable bonds is 4. The van der Waals surface area contributed by atoms with Gasteiger partial charge in [0.15, 0.2) is 0 Å². The van der Waals surface area contributed by atoms with Crippen LogP contribution in [0.25, 0.3) is 20.9 Å². The van der Waals surface area contributed by atoms with Crippen molar-refractivity contribution in [2.24, 2.45) is 0 Å². The molecule has 1 fully saturated rings. The monoisotopic (exact) mass is 380 g/mol. The number of aromatic nitrogens is 2. The summed E-state index contributed by atoms with van der Waals surface area (Å²) in [5.41, 5.74) is 3.20. The molecule has 8 heteroatoms. The number of imide groups is 1. The normalized spacial score (nSPS) is 14.2. The molecule has 0 saturated carbocycles. The van der Waals surface area contributed by atoms with Crippen molar-refractivity contribution in [3.8, 4) is 10.6 Å². The van der Waals surface area contributed by atoms with Gasteiger partial charge in [-0.15, -0.1) is 0 Å². The molecule has 1 N–H and O–H groups in total. The van der Waals surface area contributed by atoms with Crippen LogP contribution in [0.15, 0.2) is 36.5 Å². The van der Waals surface area contributed by atoms with Crippen molar-refractivity contribution >= 4 is 45.1 Å². The van der Waals surface area contributed by atoms with Crippen LogP contribution in [0.2, 0.25) is 0 Å². The maximum Gasteiger partial charge on any atom is 0.244 e. The molecule has 0 unspecified atom stereocenters. The van der Waals surface area contributed by atoms with Gasteiger partial charge in [-0.1, -0.05) is 23.5 Å². The number of fused-ring (bicyclic) bond motifs is 1. The van der Waals surface area contributed by atoms with E-state index in [2.05, 4.69) is 15.3 Å². The molecule has 0 radical (unpaired) electrons. The third kappa shape index (κ3) is 3.43. The Morgan fingerprint density at radius 3 is 2.74 bits per heavy atom. The Bertz CT molecular complexity index is 1030. The van der Waals surface area contributed by atoms with E-state index in [0.717, 1.165) is 31.4 Å². The number of aryl methyl sites for hydroxylation is 1. The molecule has 4 rings (SSSR count). The topological polar surface area (TPSA) is 92.3 Å². The van der Waals surface area contributed by atoms with Crippen LogP contribution < -0.4 is 5.32 Å². The average molecular weight is 380 g/mol. The number of carbonyl (C=O) groups is 3. The van der Waals surface area contributed by atoms with Crippen molar-refractivity contribution in [3.05, 3.63) is 42.1 Å². The van der Waals surface area contributed by atoms with Crippen LogP contribution in [0.1, 0.15) is 18.4 Å². The van der Waals surface area contributed by atoms with Gasteiger partial charge in [0.1, 0.15) is 21.9 Å². The van der Waals surface area contributed by atoms with E-state index in [1.807, 2.05) is 37.3 Å². The first kappa shape index (κ1) is 17.3. The second-order valence-corrected chi connectivity index (χ2v) is 7.28. The smallest absolute Gasteiger partial charge is 0.244 e. The average Bonchev–Trinajstić information content (AvgIpc) is 3.22. The summed E-state index contributed by atoms with van der Waals surface area (Å²) in [4.78, 5) is 46.4. The highest BCUT2D eigenvalue weighted by Crippen LogP contribution is 2.31. The number of likely N-dealkylation sites (tertiary alicyclic amines) is 1. The fourth-order valence-electron chi connectivity index (χ4n) is 2.92. The first-order valence-electron chi connectivity index (χ1n) is 8.47. The van der Waals surface area contributed by atoms with Gasteiger partial charge in [0.25, 0.3) is 0 Å². The molecule has 2 aromatic heterocycles. The predicted molar refractivity (Wildman–Crippen MR) is 102 cm³/mol. The lowest BCUT2D eigenvalue weighted by Gasteiger charge is -2.15. The number of carbonyl (C=O) groups excluding carboxylic acids is 3. The summed E-state index contributed by atoms with van der Waals surface area (Å²) in [6.07, 6.45) is 2.07. The molecule has 27 heavy (non-hydrogen) atoms. The predicted octanol–water partition coefficient (Wildman–Crippen LogP) is 2.75. The summed E-state index contributed by atoms with van der Waals surface area (Å²) < 4.78 is 0. The van der Waals surface area contributed by atoms with Gasteiger partial charge in [-0.05, 0) is 30.7 Å². The van der Waals surface area contributed by atoms with Crippen LogP contribution in [0.3, 0.4) is 0 Å². The van der Waals surface area contributed by atoms with Gasteiger partial charge in [-0.3, -0.25) is 19.3 Å². The summed E-state index contributed by atoms with van der Waals surface area (Å²) in [7, 11) is 0. The number of hydrogen-bond acceptors (Lipinski definition) is 6. The van der Waals surface area contributed by atoms with Gasteiger partial charge >= 0.3 is 0 Å². The van der Waals surface area contributed by atoms with Gasteiger partial charge in [0.05, 0.1) is 0 Å².